The number of Topliss-reactive ketones (excluding diaryl/α,β-unsaturated/α-hetero) is 1. The number of ketones is 1. The maximum absolute atomic E-state index is 11.4. The molecular formula is C14H15NO3. The van der Waals surface area contributed by atoms with Gasteiger partial charge < -0.3 is 10.0 Å². The molecule has 0 fully saturated rings. The van der Waals surface area contributed by atoms with E-state index in [4.69, 9.17) is 0 Å². The normalized spacial score (nSPS) is 19.3. The Balaban J connectivity index is 2.39. The van der Waals surface area contributed by atoms with E-state index < -0.39 is 12.0 Å². The van der Waals surface area contributed by atoms with Gasteiger partial charge in [-0.15, -0.1) is 0 Å². The summed E-state index contributed by atoms with van der Waals surface area (Å²) in [6, 6.07) is 8.66. The summed E-state index contributed by atoms with van der Waals surface area (Å²) in [4.78, 5) is 24.3. The summed E-state index contributed by atoms with van der Waals surface area (Å²) >= 11 is 0. The van der Waals surface area contributed by atoms with E-state index in [0.29, 0.717) is 18.4 Å². The standard InChI is InChI=1S/C14H15NO3/c1-10(16)11-7-8-13(14(17)18)15(9-11)12-5-3-2-4-6-12/h2-6,9,13H,7-8H2,1H3,(H,17,18). The van der Waals surface area contributed by atoms with Crippen molar-refractivity contribution in [3.8, 4) is 0 Å². The fourth-order valence-electron chi connectivity index (χ4n) is 2.12. The van der Waals surface area contributed by atoms with Gasteiger partial charge in [-0.25, -0.2) is 4.79 Å². The van der Waals surface area contributed by atoms with E-state index in [2.05, 4.69) is 0 Å². The van der Waals surface area contributed by atoms with E-state index in [1.54, 1.807) is 11.1 Å². The van der Waals surface area contributed by atoms with Crippen LogP contribution < -0.4 is 4.90 Å². The molecule has 1 atom stereocenters. The molecule has 94 valence electrons. The number of rotatable bonds is 3. The summed E-state index contributed by atoms with van der Waals surface area (Å²) < 4.78 is 0. The number of carbonyl (C=O) groups is 2. The van der Waals surface area contributed by atoms with Gasteiger partial charge in [-0.1, -0.05) is 18.2 Å². The van der Waals surface area contributed by atoms with Crippen LogP contribution in [0, 0.1) is 0 Å². The van der Waals surface area contributed by atoms with Crippen LogP contribution >= 0.6 is 0 Å². The maximum atomic E-state index is 11.4. The van der Waals surface area contributed by atoms with Gasteiger partial charge in [0, 0.05) is 17.5 Å². The van der Waals surface area contributed by atoms with Crippen molar-refractivity contribution in [2.75, 3.05) is 4.90 Å². The van der Waals surface area contributed by atoms with Crippen molar-refractivity contribution in [3.05, 3.63) is 42.1 Å². The molecule has 1 aromatic rings. The van der Waals surface area contributed by atoms with Gasteiger partial charge in [0.15, 0.2) is 5.78 Å². The molecule has 4 nitrogen and oxygen atoms in total. The first-order valence-corrected chi connectivity index (χ1v) is 5.87. The number of nitrogens with zero attached hydrogens (tertiary/aromatic N) is 1. The minimum absolute atomic E-state index is 0.000213. The van der Waals surface area contributed by atoms with Gasteiger partial charge in [0.05, 0.1) is 0 Å². The minimum atomic E-state index is -0.863. The van der Waals surface area contributed by atoms with Gasteiger partial charge in [0.25, 0.3) is 0 Å². The highest BCUT2D eigenvalue weighted by molar-refractivity contribution is 5.95. The van der Waals surface area contributed by atoms with Gasteiger partial charge in [-0.05, 0) is 31.9 Å². The van der Waals surface area contributed by atoms with Crippen molar-refractivity contribution < 1.29 is 14.7 Å². The molecule has 0 bridgehead atoms. The molecule has 2 rings (SSSR count). The Bertz CT molecular complexity index is 493. The first-order chi connectivity index (χ1) is 8.59. The second-order valence-electron chi connectivity index (χ2n) is 4.35. The summed E-state index contributed by atoms with van der Waals surface area (Å²) in [7, 11) is 0. The van der Waals surface area contributed by atoms with Crippen LogP contribution in [0.2, 0.25) is 0 Å². The monoisotopic (exact) mass is 245 g/mol. The molecule has 0 aromatic heterocycles. The predicted octanol–water partition coefficient (Wildman–Crippen LogP) is 2.21. The molecule has 0 spiro atoms. The molecule has 1 N–H and O–H groups in total. The van der Waals surface area contributed by atoms with Crippen LogP contribution in [0.1, 0.15) is 19.8 Å². The van der Waals surface area contributed by atoms with E-state index in [-0.39, 0.29) is 5.78 Å². The second-order valence-corrected chi connectivity index (χ2v) is 4.35. The molecule has 18 heavy (non-hydrogen) atoms. The quantitative estimate of drug-likeness (QED) is 0.887. The maximum Gasteiger partial charge on any atom is 0.326 e. The van der Waals surface area contributed by atoms with E-state index in [9.17, 15) is 14.7 Å². The van der Waals surface area contributed by atoms with E-state index in [0.717, 1.165) is 5.69 Å². The van der Waals surface area contributed by atoms with Gasteiger partial charge in [-0.2, -0.15) is 0 Å². The molecule has 0 radical (unpaired) electrons. The van der Waals surface area contributed by atoms with Crippen LogP contribution in [0.3, 0.4) is 0 Å². The third kappa shape index (κ3) is 2.42. The summed E-state index contributed by atoms with van der Waals surface area (Å²) in [5, 5.41) is 9.24. The highest BCUT2D eigenvalue weighted by Crippen LogP contribution is 2.27. The zero-order valence-electron chi connectivity index (χ0n) is 10.2. The molecule has 0 saturated carbocycles. The van der Waals surface area contributed by atoms with E-state index in [1.807, 2.05) is 30.3 Å². The summed E-state index contributed by atoms with van der Waals surface area (Å²) in [6.07, 6.45) is 2.64. The summed E-state index contributed by atoms with van der Waals surface area (Å²) in [5.41, 5.74) is 1.47. The Morgan fingerprint density at radius 1 is 1.28 bits per heavy atom. The van der Waals surface area contributed by atoms with Crippen molar-refractivity contribution in [2.24, 2.45) is 0 Å². The number of carboxylic acids is 1. The van der Waals surface area contributed by atoms with Crippen LogP contribution in [-0.4, -0.2) is 22.9 Å². The van der Waals surface area contributed by atoms with Crippen molar-refractivity contribution in [2.45, 2.75) is 25.8 Å². The van der Waals surface area contributed by atoms with Gasteiger partial charge in [0.2, 0.25) is 0 Å². The number of benzene rings is 1. The Morgan fingerprint density at radius 3 is 2.50 bits per heavy atom. The lowest BCUT2D eigenvalue weighted by atomic mass is 9.97. The number of carboxylic acid groups (broad SMARTS) is 1. The number of aliphatic carboxylic acids is 1. The molecule has 1 aliphatic heterocycles. The molecule has 0 amide bonds. The van der Waals surface area contributed by atoms with Gasteiger partial charge >= 0.3 is 5.97 Å². The zero-order valence-corrected chi connectivity index (χ0v) is 10.2. The van der Waals surface area contributed by atoms with Crippen LogP contribution in [0.25, 0.3) is 0 Å². The third-order valence-electron chi connectivity index (χ3n) is 3.11. The molecular weight excluding hydrogens is 230 g/mol. The van der Waals surface area contributed by atoms with Crippen LogP contribution in [-0.2, 0) is 9.59 Å². The van der Waals surface area contributed by atoms with Crippen molar-refractivity contribution >= 4 is 17.4 Å². The number of para-hydroxylation sites is 1. The van der Waals surface area contributed by atoms with Crippen LogP contribution in [0.15, 0.2) is 42.1 Å². The number of allylic oxidation sites excluding steroid dienone is 1. The number of hydrogen-bond donors (Lipinski definition) is 1. The van der Waals surface area contributed by atoms with E-state index in [1.165, 1.54) is 6.92 Å². The largest absolute Gasteiger partial charge is 0.480 e. The Morgan fingerprint density at radius 2 is 1.94 bits per heavy atom. The SMILES string of the molecule is CC(=O)C1=CN(c2ccccc2)C(C(=O)O)CC1. The average Bonchev–Trinajstić information content (AvgIpc) is 2.39. The Hall–Kier alpha value is -2.10. The fraction of sp³-hybridized carbons (Fsp3) is 0.286. The lowest BCUT2D eigenvalue weighted by Crippen LogP contribution is -2.40. The molecule has 0 saturated heterocycles. The van der Waals surface area contributed by atoms with Gasteiger partial charge in [0.1, 0.15) is 6.04 Å². The van der Waals surface area contributed by atoms with Crippen molar-refractivity contribution in [1.82, 2.24) is 0 Å². The second kappa shape index (κ2) is 5.04. The Labute approximate surface area is 106 Å². The number of carbonyl (C=O) groups excluding carboxylic acids is 1. The van der Waals surface area contributed by atoms with Crippen LogP contribution in [0.5, 0.6) is 0 Å². The topological polar surface area (TPSA) is 57.6 Å². The number of anilines is 1. The summed E-state index contributed by atoms with van der Waals surface area (Å²) in [6.45, 7) is 1.51. The van der Waals surface area contributed by atoms with E-state index >= 15 is 0 Å². The van der Waals surface area contributed by atoms with Crippen molar-refractivity contribution in [1.29, 1.82) is 0 Å². The molecule has 4 heteroatoms. The molecule has 1 aliphatic rings. The highest BCUT2D eigenvalue weighted by Gasteiger charge is 2.29. The zero-order chi connectivity index (χ0) is 13.1. The number of hydrogen-bond acceptors (Lipinski definition) is 3. The third-order valence-corrected chi connectivity index (χ3v) is 3.11. The molecule has 1 unspecified atom stereocenters. The first-order valence-electron chi connectivity index (χ1n) is 5.87. The van der Waals surface area contributed by atoms with Crippen LogP contribution in [0.4, 0.5) is 5.69 Å². The minimum Gasteiger partial charge on any atom is -0.480 e. The average molecular weight is 245 g/mol. The smallest absolute Gasteiger partial charge is 0.326 e. The Kier molecular flexibility index (Phi) is 3.46. The van der Waals surface area contributed by atoms with Gasteiger partial charge in [-0.3, -0.25) is 4.79 Å². The van der Waals surface area contributed by atoms with Crippen molar-refractivity contribution in [3.63, 3.8) is 0 Å². The predicted molar refractivity (Wildman–Crippen MR) is 68.3 cm³/mol. The molecule has 1 heterocycles. The highest BCUT2D eigenvalue weighted by atomic mass is 16.4. The fourth-order valence-corrected chi connectivity index (χ4v) is 2.12. The molecule has 1 aromatic carbocycles. The summed E-state index contributed by atoms with van der Waals surface area (Å²) in [5.74, 6) is -0.863. The first kappa shape index (κ1) is 12.4. The lowest BCUT2D eigenvalue weighted by molar-refractivity contribution is -0.138. The molecule has 0 aliphatic carbocycles. The lowest BCUT2D eigenvalue weighted by Gasteiger charge is -2.32.